The summed E-state index contributed by atoms with van der Waals surface area (Å²) in [4.78, 5) is 2.46. The van der Waals surface area contributed by atoms with Gasteiger partial charge in [-0.3, -0.25) is 4.90 Å². The van der Waals surface area contributed by atoms with E-state index in [1.165, 1.54) is 12.8 Å². The molecule has 1 N–H and O–H groups in total. The largest absolute Gasteiger partial charge is 0.472 e. The van der Waals surface area contributed by atoms with Gasteiger partial charge in [0.15, 0.2) is 0 Å². The van der Waals surface area contributed by atoms with Gasteiger partial charge in [-0.1, -0.05) is 13.8 Å². The van der Waals surface area contributed by atoms with E-state index in [1.54, 1.807) is 12.5 Å². The Bertz CT molecular complexity index is 324. The van der Waals surface area contributed by atoms with Crippen LogP contribution in [0.15, 0.2) is 23.0 Å². The fraction of sp³-hybridized carbons (Fsp3) is 0.714. The van der Waals surface area contributed by atoms with Gasteiger partial charge < -0.3 is 9.52 Å². The summed E-state index contributed by atoms with van der Waals surface area (Å²) < 4.78 is 5.10. The van der Waals surface area contributed by atoms with Crippen LogP contribution in [0, 0.1) is 0 Å². The third kappa shape index (κ3) is 2.14. The van der Waals surface area contributed by atoms with E-state index >= 15 is 0 Å². The summed E-state index contributed by atoms with van der Waals surface area (Å²) >= 11 is 0. The van der Waals surface area contributed by atoms with Crippen LogP contribution >= 0.6 is 0 Å². The third-order valence-corrected chi connectivity index (χ3v) is 4.33. The van der Waals surface area contributed by atoms with Crippen molar-refractivity contribution in [1.29, 1.82) is 0 Å². The first-order valence-electron chi connectivity index (χ1n) is 6.70. The maximum Gasteiger partial charge on any atom is 0.100 e. The summed E-state index contributed by atoms with van der Waals surface area (Å²) in [6.07, 6.45) is 7.29. The van der Waals surface area contributed by atoms with Gasteiger partial charge >= 0.3 is 0 Å². The van der Waals surface area contributed by atoms with Crippen molar-refractivity contribution in [2.24, 2.45) is 0 Å². The average molecular weight is 237 g/mol. The maximum atomic E-state index is 10.7. The molecule has 3 nitrogen and oxygen atoms in total. The van der Waals surface area contributed by atoms with Gasteiger partial charge in [0, 0.05) is 5.56 Å². The first kappa shape index (κ1) is 12.7. The third-order valence-electron chi connectivity index (χ3n) is 4.33. The van der Waals surface area contributed by atoms with Crippen molar-refractivity contribution >= 4 is 0 Å². The van der Waals surface area contributed by atoms with E-state index in [1.807, 2.05) is 6.07 Å². The van der Waals surface area contributed by atoms with E-state index < -0.39 is 6.10 Å². The molecule has 2 heterocycles. The van der Waals surface area contributed by atoms with Crippen LogP contribution in [0.4, 0.5) is 0 Å². The summed E-state index contributed by atoms with van der Waals surface area (Å²) in [5.74, 6) is 0. The van der Waals surface area contributed by atoms with Gasteiger partial charge in [-0.15, -0.1) is 0 Å². The van der Waals surface area contributed by atoms with Crippen LogP contribution < -0.4 is 0 Å². The average Bonchev–Trinajstić information content (AvgIpc) is 3.04. The molecule has 1 aromatic heterocycles. The van der Waals surface area contributed by atoms with E-state index in [9.17, 15) is 5.11 Å². The van der Waals surface area contributed by atoms with Gasteiger partial charge in [0.05, 0.1) is 18.1 Å². The first-order chi connectivity index (χ1) is 8.24. The molecule has 0 aliphatic carbocycles. The fourth-order valence-corrected chi connectivity index (χ4v) is 3.16. The monoisotopic (exact) mass is 237 g/mol. The molecule has 1 unspecified atom stereocenters. The number of hydrogen-bond acceptors (Lipinski definition) is 3. The number of furan rings is 1. The summed E-state index contributed by atoms with van der Waals surface area (Å²) in [7, 11) is 0. The molecule has 1 saturated heterocycles. The van der Waals surface area contributed by atoms with Crippen molar-refractivity contribution < 1.29 is 9.52 Å². The van der Waals surface area contributed by atoms with E-state index in [0.29, 0.717) is 0 Å². The highest BCUT2D eigenvalue weighted by molar-refractivity contribution is 5.16. The SMILES string of the molecule is CCC(CC)(C(O)c1ccoc1)N1CCCC1. The predicted molar refractivity (Wildman–Crippen MR) is 67.8 cm³/mol. The summed E-state index contributed by atoms with van der Waals surface area (Å²) in [5, 5.41) is 10.7. The number of likely N-dealkylation sites (tertiary alicyclic amines) is 1. The van der Waals surface area contributed by atoms with Crippen molar-refractivity contribution in [3.8, 4) is 0 Å². The van der Waals surface area contributed by atoms with Gasteiger partial charge in [0.1, 0.15) is 6.10 Å². The summed E-state index contributed by atoms with van der Waals surface area (Å²) in [6, 6.07) is 1.88. The smallest absolute Gasteiger partial charge is 0.100 e. The Morgan fingerprint density at radius 3 is 2.47 bits per heavy atom. The van der Waals surface area contributed by atoms with Crippen molar-refractivity contribution in [1.82, 2.24) is 4.90 Å². The highest BCUT2D eigenvalue weighted by Gasteiger charge is 2.42. The standard InChI is InChI=1S/C14H23NO2/c1-3-14(4-2,15-8-5-6-9-15)13(16)12-7-10-17-11-12/h7,10-11,13,16H,3-6,8-9H2,1-2H3. The second kappa shape index (κ2) is 5.23. The van der Waals surface area contributed by atoms with Crippen LogP contribution in [0.1, 0.15) is 51.2 Å². The Kier molecular flexibility index (Phi) is 3.89. The Balaban J connectivity index is 2.26. The molecular formula is C14H23NO2. The topological polar surface area (TPSA) is 36.6 Å². The molecular weight excluding hydrogens is 214 g/mol. The minimum Gasteiger partial charge on any atom is -0.472 e. The lowest BCUT2D eigenvalue weighted by Gasteiger charge is -2.44. The zero-order valence-electron chi connectivity index (χ0n) is 10.9. The van der Waals surface area contributed by atoms with Gasteiger partial charge in [0.25, 0.3) is 0 Å². The van der Waals surface area contributed by atoms with Crippen molar-refractivity contribution in [2.75, 3.05) is 13.1 Å². The van der Waals surface area contributed by atoms with Crippen LogP contribution in [-0.4, -0.2) is 28.6 Å². The molecule has 0 saturated carbocycles. The minimum atomic E-state index is -0.450. The summed E-state index contributed by atoms with van der Waals surface area (Å²) in [6.45, 7) is 6.56. The molecule has 1 atom stereocenters. The highest BCUT2D eigenvalue weighted by Crippen LogP contribution is 2.39. The molecule has 17 heavy (non-hydrogen) atoms. The zero-order chi connectivity index (χ0) is 12.3. The molecule has 0 aromatic carbocycles. The molecule has 0 radical (unpaired) electrons. The van der Waals surface area contributed by atoms with Crippen LogP contribution in [0.5, 0.6) is 0 Å². The molecule has 3 heteroatoms. The van der Waals surface area contributed by atoms with Gasteiger partial charge in [0.2, 0.25) is 0 Å². The van der Waals surface area contributed by atoms with Crippen molar-refractivity contribution in [3.05, 3.63) is 24.2 Å². The molecule has 2 rings (SSSR count). The Morgan fingerprint density at radius 1 is 1.35 bits per heavy atom. The Morgan fingerprint density at radius 2 is 2.00 bits per heavy atom. The number of nitrogens with zero attached hydrogens (tertiary/aromatic N) is 1. The number of hydrogen-bond donors (Lipinski definition) is 1. The number of aliphatic hydroxyl groups excluding tert-OH is 1. The molecule has 1 aliphatic rings. The lowest BCUT2D eigenvalue weighted by Crippen LogP contribution is -2.50. The minimum absolute atomic E-state index is 0.125. The lowest BCUT2D eigenvalue weighted by molar-refractivity contribution is -0.0297. The maximum absolute atomic E-state index is 10.7. The number of aliphatic hydroxyl groups is 1. The molecule has 96 valence electrons. The lowest BCUT2D eigenvalue weighted by atomic mass is 9.82. The normalized spacial score (nSPS) is 19.7. The molecule has 0 amide bonds. The highest BCUT2D eigenvalue weighted by atomic mass is 16.3. The molecule has 1 aromatic rings. The van der Waals surface area contributed by atoms with Gasteiger partial charge in [-0.25, -0.2) is 0 Å². The zero-order valence-corrected chi connectivity index (χ0v) is 10.9. The van der Waals surface area contributed by atoms with E-state index in [4.69, 9.17) is 4.42 Å². The van der Waals surface area contributed by atoms with Gasteiger partial charge in [-0.2, -0.15) is 0 Å². The Labute approximate surface area is 103 Å². The second-order valence-electron chi connectivity index (χ2n) is 4.96. The van der Waals surface area contributed by atoms with E-state index in [-0.39, 0.29) is 5.54 Å². The number of rotatable bonds is 5. The quantitative estimate of drug-likeness (QED) is 0.855. The Hall–Kier alpha value is -0.800. The molecule has 0 spiro atoms. The van der Waals surface area contributed by atoms with Gasteiger partial charge in [-0.05, 0) is 44.8 Å². The van der Waals surface area contributed by atoms with Crippen LogP contribution in [-0.2, 0) is 0 Å². The predicted octanol–water partition coefficient (Wildman–Crippen LogP) is 2.97. The summed E-state index contributed by atoms with van der Waals surface area (Å²) in [5.41, 5.74) is 0.779. The fourth-order valence-electron chi connectivity index (χ4n) is 3.16. The second-order valence-corrected chi connectivity index (χ2v) is 4.96. The molecule has 1 aliphatic heterocycles. The van der Waals surface area contributed by atoms with Crippen molar-refractivity contribution in [3.63, 3.8) is 0 Å². The first-order valence-corrected chi connectivity index (χ1v) is 6.70. The van der Waals surface area contributed by atoms with Crippen LogP contribution in [0.25, 0.3) is 0 Å². The van der Waals surface area contributed by atoms with E-state index in [2.05, 4.69) is 18.7 Å². The van der Waals surface area contributed by atoms with Crippen LogP contribution in [0.2, 0.25) is 0 Å². The molecule has 0 bridgehead atoms. The molecule has 1 fully saturated rings. The van der Waals surface area contributed by atoms with E-state index in [0.717, 1.165) is 31.5 Å². The van der Waals surface area contributed by atoms with Crippen LogP contribution in [0.3, 0.4) is 0 Å². The van der Waals surface area contributed by atoms with Crippen molar-refractivity contribution in [2.45, 2.75) is 51.2 Å².